The van der Waals surface area contributed by atoms with Crippen LogP contribution in [0.25, 0.3) is 0 Å². The van der Waals surface area contributed by atoms with E-state index in [0.29, 0.717) is 11.3 Å². The summed E-state index contributed by atoms with van der Waals surface area (Å²) in [6.45, 7) is 7.65. The molecule has 6 heteroatoms. The molecule has 5 nitrogen and oxygen atoms in total. The van der Waals surface area contributed by atoms with Gasteiger partial charge in [0.1, 0.15) is 0 Å². The Balaban J connectivity index is 2.28. The van der Waals surface area contributed by atoms with Crippen molar-refractivity contribution in [3.8, 4) is 0 Å². The van der Waals surface area contributed by atoms with E-state index in [4.69, 9.17) is 0 Å². The predicted octanol–water partition coefficient (Wildman–Crippen LogP) is 3.71. The lowest BCUT2D eigenvalue weighted by Gasteiger charge is -2.24. The number of para-hydroxylation sites is 1. The average Bonchev–Trinajstić information content (AvgIpc) is 2.56. The molecule has 0 fully saturated rings. The highest BCUT2D eigenvalue weighted by molar-refractivity contribution is 7.92. The molecule has 0 atom stereocenters. The minimum atomic E-state index is -3.77. The van der Waals surface area contributed by atoms with Crippen molar-refractivity contribution in [1.82, 2.24) is 5.32 Å². The van der Waals surface area contributed by atoms with Gasteiger partial charge in [0.15, 0.2) is 0 Å². The Morgan fingerprint density at radius 2 is 1.76 bits per heavy atom. The normalized spacial score (nSPS) is 11.8. The molecule has 0 aliphatic heterocycles. The van der Waals surface area contributed by atoms with Crippen LogP contribution in [-0.2, 0) is 10.0 Å². The molecule has 2 N–H and O–H groups in total. The molecule has 0 heterocycles. The van der Waals surface area contributed by atoms with Crippen LogP contribution < -0.4 is 10.0 Å². The molecule has 0 unspecified atom stereocenters. The number of anilines is 1. The lowest BCUT2D eigenvalue weighted by molar-refractivity contribution is 0.0911. The Morgan fingerprint density at radius 1 is 1.08 bits per heavy atom. The zero-order valence-corrected chi connectivity index (χ0v) is 15.8. The minimum Gasteiger partial charge on any atom is -0.347 e. The Bertz CT molecular complexity index is 874. The first-order valence-electron chi connectivity index (χ1n) is 8.16. The van der Waals surface area contributed by atoms with Crippen molar-refractivity contribution >= 4 is 21.6 Å². The summed E-state index contributed by atoms with van der Waals surface area (Å²) in [5, 5.41) is 2.91. The van der Waals surface area contributed by atoms with Crippen LogP contribution in [0.3, 0.4) is 0 Å². The molecule has 0 bridgehead atoms. The minimum absolute atomic E-state index is 0.0534. The van der Waals surface area contributed by atoms with Crippen molar-refractivity contribution in [2.45, 2.75) is 44.6 Å². The molecule has 0 aliphatic carbocycles. The van der Waals surface area contributed by atoms with Gasteiger partial charge in [-0.1, -0.05) is 31.2 Å². The Morgan fingerprint density at radius 3 is 2.40 bits per heavy atom. The monoisotopic (exact) mass is 360 g/mol. The molecule has 134 valence electrons. The number of aryl methyl sites for hydroxylation is 1. The van der Waals surface area contributed by atoms with Crippen molar-refractivity contribution in [2.24, 2.45) is 0 Å². The number of rotatable bonds is 6. The van der Waals surface area contributed by atoms with E-state index in [1.165, 1.54) is 12.1 Å². The molecule has 25 heavy (non-hydrogen) atoms. The number of benzene rings is 2. The third-order valence-electron chi connectivity index (χ3n) is 4.13. The summed E-state index contributed by atoms with van der Waals surface area (Å²) >= 11 is 0. The van der Waals surface area contributed by atoms with Crippen LogP contribution in [0, 0.1) is 6.92 Å². The first kappa shape index (κ1) is 19.0. The predicted molar refractivity (Wildman–Crippen MR) is 100 cm³/mol. The van der Waals surface area contributed by atoms with Gasteiger partial charge in [-0.25, -0.2) is 8.42 Å². The molecule has 0 saturated heterocycles. The second kappa shape index (κ2) is 7.27. The van der Waals surface area contributed by atoms with Crippen LogP contribution in [0.5, 0.6) is 0 Å². The summed E-state index contributed by atoms with van der Waals surface area (Å²) in [4.78, 5) is 12.4. The summed E-state index contributed by atoms with van der Waals surface area (Å²) in [6.07, 6.45) is 0.769. The third kappa shape index (κ3) is 4.82. The summed E-state index contributed by atoms with van der Waals surface area (Å²) < 4.78 is 27.8. The fourth-order valence-corrected chi connectivity index (χ4v) is 3.34. The fourth-order valence-electron chi connectivity index (χ4n) is 2.16. The highest BCUT2D eigenvalue weighted by atomic mass is 32.2. The zero-order valence-electron chi connectivity index (χ0n) is 15.0. The molecule has 1 amide bonds. The molecule has 0 spiro atoms. The lowest BCUT2D eigenvalue weighted by Crippen LogP contribution is -2.42. The Kier molecular flexibility index (Phi) is 5.52. The molecule has 2 aromatic carbocycles. The lowest BCUT2D eigenvalue weighted by atomic mass is 10.0. The standard InChI is InChI=1S/C19H24N2O3S/c1-5-19(3,4)20-18(22)15-10-8-11-16(13-15)25(23,24)21-17-12-7-6-9-14(17)2/h6-13,21H,5H2,1-4H3,(H,20,22). The zero-order chi connectivity index (χ0) is 18.7. The van der Waals surface area contributed by atoms with E-state index >= 15 is 0 Å². The smallest absolute Gasteiger partial charge is 0.261 e. The fraction of sp³-hybridized carbons (Fsp3) is 0.316. The number of carbonyl (C=O) groups excluding carboxylic acids is 1. The molecule has 0 saturated carbocycles. The summed E-state index contributed by atoms with van der Waals surface area (Å²) in [7, 11) is -3.77. The topological polar surface area (TPSA) is 75.3 Å². The highest BCUT2D eigenvalue weighted by Crippen LogP contribution is 2.20. The van der Waals surface area contributed by atoms with Gasteiger partial charge in [-0.05, 0) is 57.0 Å². The number of hydrogen-bond acceptors (Lipinski definition) is 3. The number of nitrogens with one attached hydrogen (secondary N) is 2. The van der Waals surface area contributed by atoms with E-state index in [0.717, 1.165) is 12.0 Å². The van der Waals surface area contributed by atoms with Crippen molar-refractivity contribution < 1.29 is 13.2 Å². The second-order valence-electron chi connectivity index (χ2n) is 6.64. The van der Waals surface area contributed by atoms with E-state index < -0.39 is 10.0 Å². The molecule has 2 aromatic rings. The van der Waals surface area contributed by atoms with Crippen LogP contribution in [0.2, 0.25) is 0 Å². The average molecular weight is 360 g/mol. The van der Waals surface area contributed by atoms with Gasteiger partial charge in [-0.15, -0.1) is 0 Å². The second-order valence-corrected chi connectivity index (χ2v) is 8.32. The van der Waals surface area contributed by atoms with Crippen LogP contribution in [0.4, 0.5) is 5.69 Å². The molecule has 0 aliphatic rings. The van der Waals surface area contributed by atoms with E-state index in [2.05, 4.69) is 10.0 Å². The largest absolute Gasteiger partial charge is 0.347 e. The first-order valence-corrected chi connectivity index (χ1v) is 9.64. The number of carbonyl (C=O) groups is 1. The van der Waals surface area contributed by atoms with Gasteiger partial charge in [0, 0.05) is 11.1 Å². The molecule has 0 radical (unpaired) electrons. The molecule has 2 rings (SSSR count). The molecular formula is C19H24N2O3S. The molecular weight excluding hydrogens is 336 g/mol. The quantitative estimate of drug-likeness (QED) is 0.824. The van der Waals surface area contributed by atoms with Gasteiger partial charge in [0.2, 0.25) is 0 Å². The maximum atomic E-state index is 12.6. The van der Waals surface area contributed by atoms with Crippen LogP contribution in [-0.4, -0.2) is 19.9 Å². The highest BCUT2D eigenvalue weighted by Gasteiger charge is 2.21. The van der Waals surface area contributed by atoms with Gasteiger partial charge < -0.3 is 5.32 Å². The van der Waals surface area contributed by atoms with E-state index in [-0.39, 0.29) is 16.3 Å². The van der Waals surface area contributed by atoms with E-state index in [9.17, 15) is 13.2 Å². The number of amides is 1. The third-order valence-corrected chi connectivity index (χ3v) is 5.49. The van der Waals surface area contributed by atoms with Gasteiger partial charge >= 0.3 is 0 Å². The van der Waals surface area contributed by atoms with Gasteiger partial charge in [-0.2, -0.15) is 0 Å². The molecule has 0 aromatic heterocycles. The van der Waals surface area contributed by atoms with Crippen LogP contribution >= 0.6 is 0 Å². The van der Waals surface area contributed by atoms with Gasteiger partial charge in [-0.3, -0.25) is 9.52 Å². The van der Waals surface area contributed by atoms with Crippen LogP contribution in [0.15, 0.2) is 53.4 Å². The van der Waals surface area contributed by atoms with E-state index in [1.54, 1.807) is 24.3 Å². The Hall–Kier alpha value is -2.34. The summed E-state index contributed by atoms with van der Waals surface area (Å²) in [6, 6.07) is 13.2. The van der Waals surface area contributed by atoms with Gasteiger partial charge in [0.25, 0.3) is 15.9 Å². The maximum Gasteiger partial charge on any atom is 0.261 e. The van der Waals surface area contributed by atoms with Crippen LogP contribution in [0.1, 0.15) is 43.1 Å². The summed E-state index contributed by atoms with van der Waals surface area (Å²) in [5.41, 5.74) is 1.30. The number of sulfonamides is 1. The Labute approximate surface area is 149 Å². The van der Waals surface area contributed by atoms with E-state index in [1.807, 2.05) is 39.8 Å². The van der Waals surface area contributed by atoms with Crippen molar-refractivity contribution in [3.63, 3.8) is 0 Å². The van der Waals surface area contributed by atoms with Crippen molar-refractivity contribution in [2.75, 3.05) is 4.72 Å². The SMILES string of the molecule is CCC(C)(C)NC(=O)c1cccc(S(=O)(=O)Nc2ccccc2C)c1. The van der Waals surface area contributed by atoms with Gasteiger partial charge in [0.05, 0.1) is 10.6 Å². The first-order chi connectivity index (χ1) is 11.6. The van der Waals surface area contributed by atoms with Crippen molar-refractivity contribution in [3.05, 3.63) is 59.7 Å². The van der Waals surface area contributed by atoms with Crippen molar-refractivity contribution in [1.29, 1.82) is 0 Å². The maximum absolute atomic E-state index is 12.6. The number of hydrogen-bond donors (Lipinski definition) is 2. The summed E-state index contributed by atoms with van der Waals surface area (Å²) in [5.74, 6) is -0.292.